The van der Waals surface area contributed by atoms with Gasteiger partial charge in [0.15, 0.2) is 0 Å². The number of rotatable bonds is 8. The third-order valence-electron chi connectivity index (χ3n) is 4.33. The molecule has 0 saturated carbocycles. The molecule has 0 spiro atoms. The van der Waals surface area contributed by atoms with Crippen LogP contribution in [-0.2, 0) is 19.1 Å². The SMILES string of the molecule is COC(=O)[C@@H](N[C@H](c1cccc(OC)c1)C(C)(C)C(=O)OC)C(C)C. The van der Waals surface area contributed by atoms with E-state index in [1.807, 2.05) is 38.1 Å². The second kappa shape index (κ2) is 8.85. The lowest BCUT2D eigenvalue weighted by Crippen LogP contribution is -2.49. The van der Waals surface area contributed by atoms with Gasteiger partial charge < -0.3 is 14.2 Å². The monoisotopic (exact) mass is 351 g/mol. The van der Waals surface area contributed by atoms with Crippen LogP contribution in [0.1, 0.15) is 39.3 Å². The van der Waals surface area contributed by atoms with Crippen molar-refractivity contribution in [3.8, 4) is 5.75 Å². The van der Waals surface area contributed by atoms with Gasteiger partial charge in [0.25, 0.3) is 0 Å². The number of carbonyl (C=O) groups excluding carboxylic acids is 2. The van der Waals surface area contributed by atoms with Gasteiger partial charge in [0, 0.05) is 6.04 Å². The maximum Gasteiger partial charge on any atom is 0.323 e. The fourth-order valence-corrected chi connectivity index (χ4v) is 2.76. The Morgan fingerprint density at radius 1 is 1.08 bits per heavy atom. The molecule has 25 heavy (non-hydrogen) atoms. The molecule has 1 aromatic rings. The first-order chi connectivity index (χ1) is 11.7. The number of esters is 2. The minimum Gasteiger partial charge on any atom is -0.497 e. The highest BCUT2D eigenvalue weighted by atomic mass is 16.5. The number of ether oxygens (including phenoxy) is 3. The van der Waals surface area contributed by atoms with Crippen LogP contribution < -0.4 is 10.1 Å². The van der Waals surface area contributed by atoms with Crippen molar-refractivity contribution >= 4 is 11.9 Å². The van der Waals surface area contributed by atoms with Gasteiger partial charge in [-0.25, -0.2) is 0 Å². The first kappa shape index (κ1) is 21.0. The molecule has 1 rings (SSSR count). The van der Waals surface area contributed by atoms with Crippen LogP contribution in [0.4, 0.5) is 0 Å². The van der Waals surface area contributed by atoms with Crippen LogP contribution in [0.25, 0.3) is 0 Å². The molecule has 0 bridgehead atoms. The molecule has 0 aliphatic carbocycles. The molecular weight excluding hydrogens is 322 g/mol. The average molecular weight is 351 g/mol. The van der Waals surface area contributed by atoms with Crippen LogP contribution in [0.15, 0.2) is 24.3 Å². The van der Waals surface area contributed by atoms with Crippen LogP contribution in [0, 0.1) is 11.3 Å². The van der Waals surface area contributed by atoms with Gasteiger partial charge in [-0.05, 0) is 37.5 Å². The molecule has 1 N–H and O–H groups in total. The summed E-state index contributed by atoms with van der Waals surface area (Å²) >= 11 is 0. The highest BCUT2D eigenvalue weighted by Crippen LogP contribution is 2.36. The summed E-state index contributed by atoms with van der Waals surface area (Å²) in [6.45, 7) is 7.40. The average Bonchev–Trinajstić information content (AvgIpc) is 2.60. The van der Waals surface area contributed by atoms with E-state index >= 15 is 0 Å². The quantitative estimate of drug-likeness (QED) is 0.726. The number of nitrogens with one attached hydrogen (secondary N) is 1. The van der Waals surface area contributed by atoms with E-state index in [0.717, 1.165) is 5.56 Å². The second-order valence-electron chi connectivity index (χ2n) is 6.83. The molecule has 6 nitrogen and oxygen atoms in total. The Morgan fingerprint density at radius 2 is 1.72 bits per heavy atom. The van der Waals surface area contributed by atoms with Gasteiger partial charge >= 0.3 is 11.9 Å². The third kappa shape index (κ3) is 4.95. The normalized spacial score (nSPS) is 13.9. The second-order valence-corrected chi connectivity index (χ2v) is 6.83. The topological polar surface area (TPSA) is 73.9 Å². The lowest BCUT2D eigenvalue weighted by molar-refractivity contribution is -0.154. The van der Waals surface area contributed by atoms with E-state index in [1.54, 1.807) is 21.0 Å². The summed E-state index contributed by atoms with van der Waals surface area (Å²) < 4.78 is 15.2. The molecule has 1 aromatic carbocycles. The van der Waals surface area contributed by atoms with E-state index in [0.29, 0.717) is 5.75 Å². The van der Waals surface area contributed by atoms with Gasteiger partial charge in [0.1, 0.15) is 11.8 Å². The Bertz CT molecular complexity index is 597. The van der Waals surface area contributed by atoms with Gasteiger partial charge in [-0.3, -0.25) is 14.9 Å². The number of hydrogen-bond acceptors (Lipinski definition) is 6. The summed E-state index contributed by atoms with van der Waals surface area (Å²) in [6, 6.07) is 6.37. The lowest BCUT2D eigenvalue weighted by Gasteiger charge is -2.36. The molecule has 0 unspecified atom stereocenters. The molecule has 0 aliphatic rings. The Morgan fingerprint density at radius 3 is 2.20 bits per heavy atom. The predicted octanol–water partition coefficient (Wildman–Crippen LogP) is 2.72. The van der Waals surface area contributed by atoms with E-state index in [2.05, 4.69) is 5.32 Å². The van der Waals surface area contributed by atoms with E-state index in [9.17, 15) is 9.59 Å². The molecule has 2 atom stereocenters. The molecule has 0 fully saturated rings. The molecule has 0 radical (unpaired) electrons. The van der Waals surface area contributed by atoms with Gasteiger partial charge in [-0.15, -0.1) is 0 Å². The van der Waals surface area contributed by atoms with Gasteiger partial charge in [0.05, 0.1) is 26.7 Å². The summed E-state index contributed by atoms with van der Waals surface area (Å²) in [4.78, 5) is 24.6. The van der Waals surface area contributed by atoms with Crippen molar-refractivity contribution in [2.24, 2.45) is 11.3 Å². The number of carbonyl (C=O) groups is 2. The smallest absolute Gasteiger partial charge is 0.323 e. The fourth-order valence-electron chi connectivity index (χ4n) is 2.76. The largest absolute Gasteiger partial charge is 0.497 e. The van der Waals surface area contributed by atoms with Crippen LogP contribution in [0.3, 0.4) is 0 Å². The minimum atomic E-state index is -0.914. The summed E-state index contributed by atoms with van der Waals surface area (Å²) in [7, 11) is 4.29. The molecule has 140 valence electrons. The van der Waals surface area contributed by atoms with Crippen molar-refractivity contribution < 1.29 is 23.8 Å². The van der Waals surface area contributed by atoms with Crippen molar-refractivity contribution in [2.45, 2.75) is 39.8 Å². The molecule has 0 aliphatic heterocycles. The summed E-state index contributed by atoms with van der Waals surface area (Å²) in [6.07, 6.45) is 0. The first-order valence-electron chi connectivity index (χ1n) is 8.25. The van der Waals surface area contributed by atoms with Crippen LogP contribution in [-0.4, -0.2) is 39.3 Å². The van der Waals surface area contributed by atoms with E-state index < -0.39 is 17.5 Å². The standard InChI is InChI=1S/C19H29NO5/c1-12(2)15(17(21)24-6)20-16(19(3,4)18(22)25-7)13-9-8-10-14(11-13)23-5/h8-12,15-16,20H,1-7H3/t15-,16+/m0/s1. The minimum absolute atomic E-state index is 0.0194. The summed E-state index contributed by atoms with van der Waals surface area (Å²) in [5, 5.41) is 3.30. The van der Waals surface area contributed by atoms with Crippen LogP contribution in [0.5, 0.6) is 5.75 Å². The maximum atomic E-state index is 12.4. The Hall–Kier alpha value is -2.08. The van der Waals surface area contributed by atoms with Crippen molar-refractivity contribution in [3.63, 3.8) is 0 Å². The Kier molecular flexibility index (Phi) is 7.42. The van der Waals surface area contributed by atoms with Crippen molar-refractivity contribution in [1.29, 1.82) is 0 Å². The molecule has 6 heteroatoms. The van der Waals surface area contributed by atoms with E-state index in [1.165, 1.54) is 14.2 Å². The van der Waals surface area contributed by atoms with Crippen LogP contribution >= 0.6 is 0 Å². The molecule has 0 amide bonds. The molecular formula is C19H29NO5. The van der Waals surface area contributed by atoms with Gasteiger partial charge in [0.2, 0.25) is 0 Å². The Balaban J connectivity index is 3.36. The highest BCUT2D eigenvalue weighted by molar-refractivity contribution is 5.78. The number of hydrogen-bond donors (Lipinski definition) is 1. The zero-order valence-electron chi connectivity index (χ0n) is 16.1. The molecule has 0 heterocycles. The number of benzene rings is 1. The van der Waals surface area contributed by atoms with Crippen molar-refractivity contribution in [1.82, 2.24) is 5.32 Å². The van der Waals surface area contributed by atoms with E-state index in [4.69, 9.17) is 14.2 Å². The van der Waals surface area contributed by atoms with Gasteiger partial charge in [-0.2, -0.15) is 0 Å². The van der Waals surface area contributed by atoms with Gasteiger partial charge in [-0.1, -0.05) is 26.0 Å². The molecule has 0 aromatic heterocycles. The Labute approximate surface area is 149 Å². The fraction of sp³-hybridized carbons (Fsp3) is 0.579. The predicted molar refractivity (Wildman–Crippen MR) is 95.3 cm³/mol. The van der Waals surface area contributed by atoms with Crippen molar-refractivity contribution in [3.05, 3.63) is 29.8 Å². The molecule has 0 saturated heterocycles. The zero-order chi connectivity index (χ0) is 19.2. The highest BCUT2D eigenvalue weighted by Gasteiger charge is 2.41. The first-order valence-corrected chi connectivity index (χ1v) is 8.25. The zero-order valence-corrected chi connectivity index (χ0v) is 16.1. The third-order valence-corrected chi connectivity index (χ3v) is 4.33. The van der Waals surface area contributed by atoms with Crippen LogP contribution in [0.2, 0.25) is 0 Å². The number of methoxy groups -OCH3 is 3. The summed E-state index contributed by atoms with van der Waals surface area (Å²) in [5.41, 5.74) is -0.0910. The lowest BCUT2D eigenvalue weighted by atomic mass is 9.79. The maximum absolute atomic E-state index is 12.4. The summed E-state index contributed by atoms with van der Waals surface area (Å²) in [5.74, 6) is -0.0955. The van der Waals surface area contributed by atoms with Crippen molar-refractivity contribution in [2.75, 3.05) is 21.3 Å². The van der Waals surface area contributed by atoms with E-state index in [-0.39, 0.29) is 17.9 Å².